The number of non-ortho nitro benzene ring substituents is 1. The van der Waals surface area contributed by atoms with Crippen molar-refractivity contribution in [3.63, 3.8) is 0 Å². The van der Waals surface area contributed by atoms with E-state index >= 15 is 0 Å². The van der Waals surface area contributed by atoms with Crippen molar-refractivity contribution in [2.75, 3.05) is 31.5 Å². The van der Waals surface area contributed by atoms with Gasteiger partial charge >= 0.3 is 6.18 Å². The lowest BCUT2D eigenvalue weighted by Crippen LogP contribution is -2.41. The molecule has 2 heterocycles. The van der Waals surface area contributed by atoms with E-state index in [9.17, 15) is 23.3 Å². The topological polar surface area (TPSA) is 71.3 Å². The molecule has 140 valence electrons. The first kappa shape index (κ1) is 18.4. The second-order valence-electron chi connectivity index (χ2n) is 6.53. The van der Waals surface area contributed by atoms with Crippen molar-refractivity contribution >= 4 is 22.1 Å². The molecule has 2 aromatic rings. The number of nitro groups is 1. The Morgan fingerprint density at radius 1 is 1.23 bits per heavy atom. The Bertz CT molecular complexity index is 789. The molecule has 0 amide bonds. The third-order valence-electron chi connectivity index (χ3n) is 4.68. The first-order chi connectivity index (χ1) is 12.3. The molecule has 9 heteroatoms. The summed E-state index contributed by atoms with van der Waals surface area (Å²) in [6.45, 7) is 0.621. The number of anilines is 1. The van der Waals surface area contributed by atoms with Crippen LogP contribution in [0.25, 0.3) is 10.8 Å². The van der Waals surface area contributed by atoms with E-state index in [1.54, 1.807) is 18.3 Å². The lowest BCUT2D eigenvalue weighted by Gasteiger charge is -2.32. The standard InChI is InChI=1S/C17H19F3N4O2/c18-17(19,20)11-23-7-4-12(5-8-23)9-22-15-1-2-16(24(25)26)14-10-21-6-3-13(14)15/h1-3,6,10,12,22H,4-5,7-9,11H2. The Balaban J connectivity index is 1.63. The van der Waals surface area contributed by atoms with Crippen LogP contribution in [0.15, 0.2) is 30.6 Å². The van der Waals surface area contributed by atoms with E-state index in [-0.39, 0.29) is 11.6 Å². The van der Waals surface area contributed by atoms with Gasteiger partial charge in [-0.25, -0.2) is 0 Å². The molecule has 1 saturated heterocycles. The molecule has 0 saturated carbocycles. The van der Waals surface area contributed by atoms with Crippen molar-refractivity contribution in [1.29, 1.82) is 0 Å². The number of hydrogen-bond donors (Lipinski definition) is 1. The predicted molar refractivity (Wildman–Crippen MR) is 92.1 cm³/mol. The number of nitrogens with zero attached hydrogens (tertiary/aromatic N) is 3. The number of alkyl halides is 3. The molecule has 0 atom stereocenters. The van der Waals surface area contributed by atoms with Crippen LogP contribution in [0.3, 0.4) is 0 Å². The van der Waals surface area contributed by atoms with Gasteiger partial charge in [0, 0.05) is 36.1 Å². The Morgan fingerprint density at radius 3 is 2.62 bits per heavy atom. The van der Waals surface area contributed by atoms with E-state index in [0.29, 0.717) is 43.2 Å². The Labute approximate surface area is 148 Å². The minimum absolute atomic E-state index is 0.000825. The van der Waals surface area contributed by atoms with E-state index in [2.05, 4.69) is 10.3 Å². The number of nitro benzene ring substituents is 1. The molecule has 1 aliphatic heterocycles. The molecule has 0 radical (unpaired) electrons. The summed E-state index contributed by atoms with van der Waals surface area (Å²) in [6.07, 6.45) is 0.267. The highest BCUT2D eigenvalue weighted by molar-refractivity contribution is 5.99. The number of aromatic nitrogens is 1. The molecule has 26 heavy (non-hydrogen) atoms. The van der Waals surface area contributed by atoms with Crippen LogP contribution in [0.2, 0.25) is 0 Å². The van der Waals surface area contributed by atoms with Crippen molar-refractivity contribution in [3.8, 4) is 0 Å². The van der Waals surface area contributed by atoms with Crippen LogP contribution in [0, 0.1) is 16.0 Å². The highest BCUT2D eigenvalue weighted by Crippen LogP contribution is 2.31. The summed E-state index contributed by atoms with van der Waals surface area (Å²) < 4.78 is 37.3. The van der Waals surface area contributed by atoms with Crippen LogP contribution in [0.5, 0.6) is 0 Å². The zero-order valence-corrected chi connectivity index (χ0v) is 14.0. The molecular weight excluding hydrogens is 349 g/mol. The second kappa shape index (κ2) is 7.45. The number of nitrogens with one attached hydrogen (secondary N) is 1. The first-order valence-corrected chi connectivity index (χ1v) is 8.37. The molecule has 3 rings (SSSR count). The van der Waals surface area contributed by atoms with Crippen LogP contribution in [-0.4, -0.2) is 47.2 Å². The number of benzene rings is 1. The average Bonchev–Trinajstić information content (AvgIpc) is 2.59. The molecular formula is C17H19F3N4O2. The minimum Gasteiger partial charge on any atom is -0.384 e. The molecule has 1 aromatic heterocycles. The van der Waals surface area contributed by atoms with Gasteiger partial charge in [-0.3, -0.25) is 20.0 Å². The fraction of sp³-hybridized carbons (Fsp3) is 0.471. The van der Waals surface area contributed by atoms with Gasteiger partial charge in [-0.15, -0.1) is 0 Å². The zero-order valence-electron chi connectivity index (χ0n) is 14.0. The molecule has 1 aromatic carbocycles. The summed E-state index contributed by atoms with van der Waals surface area (Å²) in [5.74, 6) is 0.270. The highest BCUT2D eigenvalue weighted by Gasteiger charge is 2.32. The number of halogens is 3. The largest absolute Gasteiger partial charge is 0.401 e. The summed E-state index contributed by atoms with van der Waals surface area (Å²) in [7, 11) is 0. The van der Waals surface area contributed by atoms with Crippen LogP contribution in [0.4, 0.5) is 24.5 Å². The lowest BCUT2D eigenvalue weighted by atomic mass is 9.96. The first-order valence-electron chi connectivity index (χ1n) is 8.37. The Hall–Kier alpha value is -2.42. The van der Waals surface area contributed by atoms with E-state index in [4.69, 9.17) is 0 Å². The second-order valence-corrected chi connectivity index (χ2v) is 6.53. The maximum absolute atomic E-state index is 12.4. The van der Waals surface area contributed by atoms with Crippen molar-refractivity contribution in [3.05, 3.63) is 40.7 Å². The highest BCUT2D eigenvalue weighted by atomic mass is 19.4. The minimum atomic E-state index is -4.16. The third kappa shape index (κ3) is 4.40. The van der Waals surface area contributed by atoms with Gasteiger partial charge in [-0.2, -0.15) is 13.2 Å². The van der Waals surface area contributed by atoms with Gasteiger partial charge in [0.2, 0.25) is 0 Å². The van der Waals surface area contributed by atoms with Gasteiger partial charge in [-0.1, -0.05) is 0 Å². The molecule has 0 unspecified atom stereocenters. The Kier molecular flexibility index (Phi) is 5.26. The van der Waals surface area contributed by atoms with Crippen LogP contribution >= 0.6 is 0 Å². The van der Waals surface area contributed by atoms with E-state index in [0.717, 1.165) is 5.69 Å². The fourth-order valence-corrected chi connectivity index (χ4v) is 3.35. The van der Waals surface area contributed by atoms with E-state index < -0.39 is 17.6 Å². The fourth-order valence-electron chi connectivity index (χ4n) is 3.35. The normalized spacial score (nSPS) is 16.7. The van der Waals surface area contributed by atoms with Gasteiger partial charge in [0.15, 0.2) is 0 Å². The number of piperidine rings is 1. The van der Waals surface area contributed by atoms with Gasteiger partial charge in [-0.05, 0) is 44.0 Å². The molecule has 0 spiro atoms. The van der Waals surface area contributed by atoms with Gasteiger partial charge < -0.3 is 5.32 Å². The SMILES string of the molecule is O=[N+]([O-])c1ccc(NCC2CCN(CC(F)(F)F)CC2)c2ccncc12. The molecule has 0 aliphatic carbocycles. The molecule has 0 bridgehead atoms. The molecule has 6 nitrogen and oxygen atoms in total. The average molecular weight is 368 g/mol. The van der Waals surface area contributed by atoms with E-state index in [1.807, 2.05) is 0 Å². The number of fused-ring (bicyclic) bond motifs is 1. The van der Waals surface area contributed by atoms with Crippen molar-refractivity contribution in [1.82, 2.24) is 9.88 Å². The number of likely N-dealkylation sites (tertiary alicyclic amines) is 1. The summed E-state index contributed by atoms with van der Waals surface area (Å²) in [6, 6.07) is 4.83. The number of hydrogen-bond acceptors (Lipinski definition) is 5. The Morgan fingerprint density at radius 2 is 1.96 bits per heavy atom. The van der Waals surface area contributed by atoms with Crippen LogP contribution in [0.1, 0.15) is 12.8 Å². The van der Waals surface area contributed by atoms with Gasteiger partial charge in [0.05, 0.1) is 16.9 Å². The smallest absolute Gasteiger partial charge is 0.384 e. The van der Waals surface area contributed by atoms with Crippen LogP contribution < -0.4 is 5.32 Å². The number of pyridine rings is 1. The third-order valence-corrected chi connectivity index (χ3v) is 4.68. The maximum atomic E-state index is 12.4. The lowest BCUT2D eigenvalue weighted by molar-refractivity contribution is -0.383. The van der Waals surface area contributed by atoms with Gasteiger partial charge in [0.1, 0.15) is 0 Å². The molecule has 1 fully saturated rings. The van der Waals surface area contributed by atoms with E-state index in [1.165, 1.54) is 17.2 Å². The monoisotopic (exact) mass is 368 g/mol. The molecule has 1 aliphatic rings. The summed E-state index contributed by atoms with van der Waals surface area (Å²) in [5, 5.41) is 15.6. The summed E-state index contributed by atoms with van der Waals surface area (Å²) in [4.78, 5) is 16.1. The summed E-state index contributed by atoms with van der Waals surface area (Å²) >= 11 is 0. The predicted octanol–water partition coefficient (Wildman–Crippen LogP) is 3.83. The van der Waals surface area contributed by atoms with Crippen LogP contribution in [-0.2, 0) is 0 Å². The number of rotatable bonds is 5. The zero-order chi connectivity index (χ0) is 18.7. The van der Waals surface area contributed by atoms with Crippen molar-refractivity contribution in [2.45, 2.75) is 19.0 Å². The molecule has 1 N–H and O–H groups in total. The quantitative estimate of drug-likeness (QED) is 0.642. The maximum Gasteiger partial charge on any atom is 0.401 e. The van der Waals surface area contributed by atoms with Gasteiger partial charge in [0.25, 0.3) is 5.69 Å². The van der Waals surface area contributed by atoms with Crippen molar-refractivity contribution in [2.24, 2.45) is 5.92 Å². The van der Waals surface area contributed by atoms with Crippen molar-refractivity contribution < 1.29 is 18.1 Å². The summed E-state index contributed by atoms with van der Waals surface area (Å²) in [5.41, 5.74) is 0.768.